The smallest absolute Gasteiger partial charge is 0.282 e. The second-order valence-corrected chi connectivity index (χ2v) is 11.7. The summed E-state index contributed by atoms with van der Waals surface area (Å²) >= 11 is 5.79. The molecule has 248 valence electrons. The molecule has 2 amide bonds. The van der Waals surface area contributed by atoms with E-state index in [1.165, 1.54) is 23.4 Å². The van der Waals surface area contributed by atoms with Crippen LogP contribution in [-0.2, 0) is 22.3 Å². The number of anilines is 2. The van der Waals surface area contributed by atoms with E-state index in [2.05, 4.69) is 30.6 Å². The first kappa shape index (κ1) is 33.9. The highest BCUT2D eigenvalue weighted by atomic mass is 35.5. The predicted octanol–water partition coefficient (Wildman–Crippen LogP) is 4.92. The summed E-state index contributed by atoms with van der Waals surface area (Å²) in [6, 6.07) is 23.0. The molecule has 0 spiro atoms. The maximum atomic E-state index is 12.2. The Morgan fingerprint density at radius 1 is 0.729 bits per heavy atom. The summed E-state index contributed by atoms with van der Waals surface area (Å²) in [5.41, 5.74) is 16.7. The molecule has 6 rings (SSSR count). The van der Waals surface area contributed by atoms with Crippen molar-refractivity contribution in [3.63, 3.8) is 0 Å². The summed E-state index contributed by atoms with van der Waals surface area (Å²) in [6.45, 7) is 2.97. The number of nitrogens with two attached hydrogens (primary N) is 2. The number of ether oxygens (including phenoxy) is 2. The number of halogens is 1. The van der Waals surface area contributed by atoms with Crippen LogP contribution in [0.5, 0.6) is 0 Å². The average molecular weight is 669 g/mol. The van der Waals surface area contributed by atoms with Gasteiger partial charge < -0.3 is 31.6 Å². The molecule has 0 unspecified atom stereocenters. The minimum absolute atomic E-state index is 0.126. The van der Waals surface area contributed by atoms with Crippen molar-refractivity contribution >= 4 is 46.8 Å². The number of nitrogens with one attached hydrogen (secondary N) is 2. The number of rotatable bonds is 10. The Morgan fingerprint density at radius 3 is 1.60 bits per heavy atom. The monoisotopic (exact) mass is 668 g/mol. The van der Waals surface area contributed by atoms with Crippen LogP contribution in [0.2, 0.25) is 5.15 Å². The van der Waals surface area contributed by atoms with E-state index in [4.69, 9.17) is 32.5 Å². The largest absolute Gasteiger partial charge is 0.463 e. The molecule has 0 saturated carbocycles. The number of hydrogen-bond acceptors (Lipinski definition) is 10. The SMILES string of the molecule is Cc1cc(C(=O)Nc2ccc(CC[C@H]3COC(N)=N3)cc2)ccn1.NC1=N[C@@H](CCc2ccc(NC(=O)c3ccnc(Cl)c3)cc2)CO1. The molecule has 0 saturated heterocycles. The molecule has 13 heteroatoms. The fourth-order valence-electron chi connectivity index (χ4n) is 4.98. The van der Waals surface area contributed by atoms with Gasteiger partial charge in [-0.1, -0.05) is 35.9 Å². The molecule has 2 aliphatic rings. The summed E-state index contributed by atoms with van der Waals surface area (Å²) in [6.07, 6.45) is 6.67. The van der Waals surface area contributed by atoms with Crippen LogP contribution in [0.3, 0.4) is 0 Å². The van der Waals surface area contributed by atoms with E-state index in [9.17, 15) is 9.59 Å². The lowest BCUT2D eigenvalue weighted by atomic mass is 10.1. The molecule has 2 aromatic heterocycles. The van der Waals surface area contributed by atoms with Crippen molar-refractivity contribution in [1.29, 1.82) is 0 Å². The van der Waals surface area contributed by atoms with E-state index in [1.807, 2.05) is 55.5 Å². The molecule has 2 aliphatic heterocycles. The maximum Gasteiger partial charge on any atom is 0.282 e. The number of aryl methyl sites for hydroxylation is 3. The Kier molecular flexibility index (Phi) is 11.5. The van der Waals surface area contributed by atoms with Crippen LogP contribution in [0.1, 0.15) is 50.4 Å². The highest BCUT2D eigenvalue weighted by Crippen LogP contribution is 2.17. The number of nitrogens with zero attached hydrogens (tertiary/aromatic N) is 4. The molecule has 12 nitrogen and oxygen atoms in total. The first-order valence-corrected chi connectivity index (χ1v) is 15.8. The minimum Gasteiger partial charge on any atom is -0.463 e. The van der Waals surface area contributed by atoms with Crippen LogP contribution in [0.25, 0.3) is 0 Å². The molecule has 0 radical (unpaired) electrons. The van der Waals surface area contributed by atoms with E-state index in [-0.39, 0.29) is 41.1 Å². The van der Waals surface area contributed by atoms with E-state index >= 15 is 0 Å². The van der Waals surface area contributed by atoms with E-state index < -0.39 is 0 Å². The summed E-state index contributed by atoms with van der Waals surface area (Å²) in [7, 11) is 0. The van der Waals surface area contributed by atoms with Gasteiger partial charge in [-0.2, -0.15) is 0 Å². The van der Waals surface area contributed by atoms with Gasteiger partial charge in [-0.05, 0) is 92.3 Å². The Hall–Kier alpha value is -5.49. The highest BCUT2D eigenvalue weighted by molar-refractivity contribution is 6.29. The van der Waals surface area contributed by atoms with Crippen molar-refractivity contribution in [2.75, 3.05) is 23.8 Å². The topological polar surface area (TPSA) is 179 Å². The van der Waals surface area contributed by atoms with Gasteiger partial charge >= 0.3 is 0 Å². The molecular weight excluding hydrogens is 632 g/mol. The van der Waals surface area contributed by atoms with Gasteiger partial charge in [-0.3, -0.25) is 14.6 Å². The average Bonchev–Trinajstić information content (AvgIpc) is 3.71. The van der Waals surface area contributed by atoms with Gasteiger partial charge in [0.15, 0.2) is 0 Å². The van der Waals surface area contributed by atoms with Crippen molar-refractivity contribution in [2.24, 2.45) is 21.5 Å². The lowest BCUT2D eigenvalue weighted by Crippen LogP contribution is -2.12. The van der Waals surface area contributed by atoms with Gasteiger partial charge in [0, 0.05) is 40.6 Å². The van der Waals surface area contributed by atoms with E-state index in [1.54, 1.807) is 24.4 Å². The second kappa shape index (κ2) is 16.4. The zero-order chi connectivity index (χ0) is 33.9. The van der Waals surface area contributed by atoms with Crippen LogP contribution in [0, 0.1) is 6.92 Å². The molecular formula is C35H37ClN8O4. The van der Waals surface area contributed by atoms with E-state index in [0.29, 0.717) is 24.3 Å². The molecule has 2 aromatic carbocycles. The molecule has 6 N–H and O–H groups in total. The Bertz CT molecular complexity index is 1650. The Balaban J connectivity index is 0.000000188. The van der Waals surface area contributed by atoms with Crippen molar-refractivity contribution in [2.45, 2.75) is 44.7 Å². The van der Waals surface area contributed by atoms with Crippen molar-refractivity contribution in [3.05, 3.63) is 118 Å². The van der Waals surface area contributed by atoms with E-state index in [0.717, 1.165) is 42.8 Å². The van der Waals surface area contributed by atoms with Gasteiger partial charge in [0.25, 0.3) is 23.9 Å². The molecule has 0 fully saturated rings. The summed E-state index contributed by atoms with van der Waals surface area (Å²) in [4.78, 5) is 40.7. The van der Waals surface area contributed by atoms with Gasteiger partial charge in [0.2, 0.25) is 0 Å². The van der Waals surface area contributed by atoms with Crippen molar-refractivity contribution in [3.8, 4) is 0 Å². The molecule has 4 aromatic rings. The number of hydrogen-bond donors (Lipinski definition) is 4. The fourth-order valence-corrected chi connectivity index (χ4v) is 5.15. The fraction of sp³-hybridized carbons (Fsp3) is 0.257. The van der Waals surface area contributed by atoms with Crippen LogP contribution in [0.4, 0.5) is 11.4 Å². The lowest BCUT2D eigenvalue weighted by Gasteiger charge is -2.08. The number of pyridine rings is 2. The molecule has 2 atom stereocenters. The Labute approximate surface area is 283 Å². The van der Waals surface area contributed by atoms with Crippen molar-refractivity contribution < 1.29 is 19.1 Å². The van der Waals surface area contributed by atoms with Crippen molar-refractivity contribution in [1.82, 2.24) is 9.97 Å². The normalized spacial score (nSPS) is 16.4. The number of benzene rings is 2. The predicted molar refractivity (Wildman–Crippen MR) is 186 cm³/mol. The van der Waals surface area contributed by atoms with Crippen LogP contribution >= 0.6 is 11.6 Å². The molecule has 4 heterocycles. The first-order valence-electron chi connectivity index (χ1n) is 15.5. The summed E-state index contributed by atoms with van der Waals surface area (Å²) < 4.78 is 10.3. The van der Waals surface area contributed by atoms with Gasteiger partial charge in [0.05, 0.1) is 12.1 Å². The van der Waals surface area contributed by atoms with Gasteiger partial charge in [-0.25, -0.2) is 15.0 Å². The summed E-state index contributed by atoms with van der Waals surface area (Å²) in [5, 5.41) is 6.01. The maximum absolute atomic E-state index is 12.2. The first-order chi connectivity index (χ1) is 23.2. The third kappa shape index (κ3) is 10.3. The number of amides is 2. The molecule has 0 bridgehead atoms. The Morgan fingerprint density at radius 2 is 1.19 bits per heavy atom. The van der Waals surface area contributed by atoms with Crippen LogP contribution in [-0.4, -0.2) is 59.1 Å². The number of amidine groups is 2. The standard InChI is InChI=1S/C18H20N4O2.C17H17ClN4O2/c1-12-10-14(8-9-20-12)17(23)21-15-5-2-13(3-6-15)4-7-16-11-24-18(19)22-16;18-15-9-12(7-8-20-15)16(23)21-13-4-1-11(2-5-13)3-6-14-10-24-17(19)22-14/h2-3,5-6,8-10,16H,4,7,11H2,1H3,(H2,19,22)(H,21,23);1-2,4-5,7-9,14H,3,6,10H2,(H2,19,22)(H,21,23)/t16-;14-/m00/s1. The second-order valence-electron chi connectivity index (χ2n) is 11.3. The quantitative estimate of drug-likeness (QED) is 0.172. The van der Waals surface area contributed by atoms with Gasteiger partial charge in [0.1, 0.15) is 18.4 Å². The zero-order valence-corrected chi connectivity index (χ0v) is 27.2. The number of aromatic nitrogens is 2. The van der Waals surface area contributed by atoms with Crippen LogP contribution in [0.15, 0.2) is 95.2 Å². The molecule has 0 aliphatic carbocycles. The lowest BCUT2D eigenvalue weighted by molar-refractivity contribution is 0.101. The molecule has 48 heavy (non-hydrogen) atoms. The van der Waals surface area contributed by atoms with Crippen LogP contribution < -0.4 is 22.1 Å². The highest BCUT2D eigenvalue weighted by Gasteiger charge is 2.17. The van der Waals surface area contributed by atoms with Gasteiger partial charge in [-0.15, -0.1) is 0 Å². The number of carbonyl (C=O) groups is 2. The minimum atomic E-state index is -0.222. The third-order valence-electron chi connectivity index (χ3n) is 7.57. The zero-order valence-electron chi connectivity index (χ0n) is 26.4. The number of carbonyl (C=O) groups excluding carboxylic acids is 2. The number of aliphatic imine (C=N–C) groups is 2. The summed E-state index contributed by atoms with van der Waals surface area (Å²) in [5.74, 6) is -0.360. The third-order valence-corrected chi connectivity index (χ3v) is 7.78.